The van der Waals surface area contributed by atoms with Crippen LogP contribution >= 0.6 is 0 Å². The van der Waals surface area contributed by atoms with Gasteiger partial charge in [0.05, 0.1) is 6.54 Å². The number of ether oxygens (including phenoxy) is 1. The Morgan fingerprint density at radius 2 is 2.05 bits per heavy atom. The number of rotatable bonds is 7. The molecule has 1 aliphatic heterocycles. The van der Waals surface area contributed by atoms with Crippen LogP contribution in [0.1, 0.15) is 39.0 Å². The molecule has 0 spiro atoms. The largest absolute Gasteiger partial charge is 0.385 e. The summed E-state index contributed by atoms with van der Waals surface area (Å²) in [5.41, 5.74) is -0.651. The summed E-state index contributed by atoms with van der Waals surface area (Å²) in [6.45, 7) is 3.53. The molecule has 0 aromatic carbocycles. The lowest BCUT2D eigenvalue weighted by Gasteiger charge is -2.40. The van der Waals surface area contributed by atoms with Gasteiger partial charge in [0.15, 0.2) is 0 Å². The minimum absolute atomic E-state index is 0.0223. The number of unbranched alkanes of at least 4 members (excludes halogenated alkanes) is 2. The summed E-state index contributed by atoms with van der Waals surface area (Å²) in [6, 6.07) is 0. The fourth-order valence-corrected chi connectivity index (χ4v) is 2.80. The molecule has 1 saturated carbocycles. The van der Waals surface area contributed by atoms with Crippen molar-refractivity contribution in [3.8, 4) is 0 Å². The van der Waals surface area contributed by atoms with Gasteiger partial charge in [0, 0.05) is 20.3 Å². The quantitative estimate of drug-likeness (QED) is 0.699. The van der Waals surface area contributed by atoms with Gasteiger partial charge in [-0.05, 0) is 44.9 Å². The molecule has 5 heteroatoms. The van der Waals surface area contributed by atoms with Crippen molar-refractivity contribution in [1.82, 2.24) is 10.2 Å². The van der Waals surface area contributed by atoms with Gasteiger partial charge < -0.3 is 15.0 Å². The SMILES string of the molecule is COCCCCCN1CC(=O)NC(C)(C2CC2)C1=O. The third kappa shape index (κ3) is 3.26. The van der Waals surface area contributed by atoms with Gasteiger partial charge in [-0.15, -0.1) is 0 Å². The van der Waals surface area contributed by atoms with E-state index in [0.717, 1.165) is 38.7 Å². The summed E-state index contributed by atoms with van der Waals surface area (Å²) in [4.78, 5) is 26.0. The van der Waals surface area contributed by atoms with E-state index in [4.69, 9.17) is 4.74 Å². The molecule has 2 aliphatic rings. The van der Waals surface area contributed by atoms with Gasteiger partial charge in [-0.2, -0.15) is 0 Å². The highest BCUT2D eigenvalue weighted by molar-refractivity contribution is 5.98. The second-order valence-corrected chi connectivity index (χ2v) is 5.80. The summed E-state index contributed by atoms with van der Waals surface area (Å²) >= 11 is 0. The Bertz CT molecular complexity index is 355. The maximum Gasteiger partial charge on any atom is 0.248 e. The van der Waals surface area contributed by atoms with Crippen molar-refractivity contribution in [3.63, 3.8) is 0 Å². The zero-order valence-electron chi connectivity index (χ0n) is 11.9. The number of amides is 2. The maximum atomic E-state index is 12.5. The molecule has 108 valence electrons. The molecule has 0 aromatic rings. The van der Waals surface area contributed by atoms with E-state index < -0.39 is 5.54 Å². The molecule has 1 saturated heterocycles. The highest BCUT2D eigenvalue weighted by Crippen LogP contribution is 2.41. The molecule has 1 N–H and O–H groups in total. The molecule has 0 radical (unpaired) electrons. The first-order chi connectivity index (χ1) is 9.08. The third-order valence-electron chi connectivity index (χ3n) is 4.14. The molecule has 19 heavy (non-hydrogen) atoms. The van der Waals surface area contributed by atoms with Crippen molar-refractivity contribution in [2.45, 2.75) is 44.6 Å². The minimum Gasteiger partial charge on any atom is -0.385 e. The van der Waals surface area contributed by atoms with Crippen LogP contribution in [0.25, 0.3) is 0 Å². The van der Waals surface area contributed by atoms with E-state index in [2.05, 4.69) is 5.32 Å². The molecule has 1 atom stereocenters. The van der Waals surface area contributed by atoms with Crippen LogP contribution in [0.4, 0.5) is 0 Å². The van der Waals surface area contributed by atoms with E-state index >= 15 is 0 Å². The van der Waals surface area contributed by atoms with Crippen LogP contribution in [-0.2, 0) is 14.3 Å². The molecular formula is C14H24N2O3. The van der Waals surface area contributed by atoms with Gasteiger partial charge in [0.25, 0.3) is 0 Å². The van der Waals surface area contributed by atoms with E-state index in [1.54, 1.807) is 12.0 Å². The molecule has 2 fully saturated rings. The van der Waals surface area contributed by atoms with Gasteiger partial charge in [-0.3, -0.25) is 9.59 Å². The predicted octanol–water partition coefficient (Wildman–Crippen LogP) is 0.930. The summed E-state index contributed by atoms with van der Waals surface area (Å²) in [5, 5.41) is 2.90. The summed E-state index contributed by atoms with van der Waals surface area (Å²) in [5.74, 6) is 0.410. The van der Waals surface area contributed by atoms with Crippen molar-refractivity contribution < 1.29 is 14.3 Å². The maximum absolute atomic E-state index is 12.5. The molecule has 1 aliphatic carbocycles. The monoisotopic (exact) mass is 268 g/mol. The smallest absolute Gasteiger partial charge is 0.248 e. The van der Waals surface area contributed by atoms with Gasteiger partial charge >= 0.3 is 0 Å². The topological polar surface area (TPSA) is 58.6 Å². The number of hydrogen-bond donors (Lipinski definition) is 1. The second-order valence-electron chi connectivity index (χ2n) is 5.80. The Labute approximate surface area is 114 Å². The molecule has 0 aromatic heterocycles. The summed E-state index contributed by atoms with van der Waals surface area (Å²) in [7, 11) is 1.69. The van der Waals surface area contributed by atoms with E-state index in [9.17, 15) is 9.59 Å². The zero-order valence-corrected chi connectivity index (χ0v) is 11.9. The van der Waals surface area contributed by atoms with Gasteiger partial charge in [0.1, 0.15) is 5.54 Å². The molecule has 1 heterocycles. The molecule has 2 amide bonds. The Morgan fingerprint density at radius 3 is 2.68 bits per heavy atom. The highest BCUT2D eigenvalue weighted by Gasteiger charge is 2.52. The Hall–Kier alpha value is -1.10. The number of nitrogens with one attached hydrogen (secondary N) is 1. The normalized spacial score (nSPS) is 27.6. The molecule has 5 nitrogen and oxygen atoms in total. The van der Waals surface area contributed by atoms with Crippen LogP contribution in [-0.4, -0.2) is 49.1 Å². The number of piperazine rings is 1. The lowest BCUT2D eigenvalue weighted by atomic mass is 9.91. The summed E-state index contributed by atoms with van der Waals surface area (Å²) in [6.07, 6.45) is 5.06. The lowest BCUT2D eigenvalue weighted by Crippen LogP contribution is -2.66. The summed E-state index contributed by atoms with van der Waals surface area (Å²) < 4.78 is 5.00. The average molecular weight is 268 g/mol. The number of hydrogen-bond acceptors (Lipinski definition) is 3. The average Bonchev–Trinajstić information content (AvgIpc) is 3.19. The number of carbonyl (C=O) groups is 2. The van der Waals surface area contributed by atoms with Crippen molar-refractivity contribution in [3.05, 3.63) is 0 Å². The van der Waals surface area contributed by atoms with Gasteiger partial charge in [0.2, 0.25) is 11.8 Å². The predicted molar refractivity (Wildman–Crippen MR) is 71.6 cm³/mol. The van der Waals surface area contributed by atoms with Crippen LogP contribution < -0.4 is 5.32 Å². The first-order valence-electron chi connectivity index (χ1n) is 7.17. The molecular weight excluding hydrogens is 244 g/mol. The Kier molecular flexibility index (Phi) is 4.45. The lowest BCUT2D eigenvalue weighted by molar-refractivity contribution is -0.150. The fourth-order valence-electron chi connectivity index (χ4n) is 2.80. The van der Waals surface area contributed by atoms with Crippen LogP contribution in [0.3, 0.4) is 0 Å². The molecule has 1 unspecified atom stereocenters. The number of methoxy groups -OCH3 is 1. The Morgan fingerprint density at radius 1 is 1.32 bits per heavy atom. The highest BCUT2D eigenvalue weighted by atomic mass is 16.5. The Balaban J connectivity index is 1.85. The van der Waals surface area contributed by atoms with Gasteiger partial charge in [-0.1, -0.05) is 0 Å². The fraction of sp³-hybridized carbons (Fsp3) is 0.857. The van der Waals surface area contributed by atoms with Crippen molar-refractivity contribution in [2.24, 2.45) is 5.92 Å². The van der Waals surface area contributed by atoms with E-state index in [-0.39, 0.29) is 18.4 Å². The van der Waals surface area contributed by atoms with Crippen molar-refractivity contribution in [1.29, 1.82) is 0 Å². The van der Waals surface area contributed by atoms with Crippen LogP contribution in [0.15, 0.2) is 0 Å². The first-order valence-corrected chi connectivity index (χ1v) is 7.17. The third-order valence-corrected chi connectivity index (χ3v) is 4.14. The second kappa shape index (κ2) is 5.90. The van der Waals surface area contributed by atoms with Crippen LogP contribution in [0.2, 0.25) is 0 Å². The first kappa shape index (κ1) is 14.3. The van der Waals surface area contributed by atoms with Crippen LogP contribution in [0.5, 0.6) is 0 Å². The zero-order chi connectivity index (χ0) is 13.9. The standard InChI is InChI=1S/C14H24N2O3/c1-14(11-6-7-11)13(18)16(10-12(17)15-14)8-4-3-5-9-19-2/h11H,3-10H2,1-2H3,(H,15,17). The number of carbonyl (C=O) groups excluding carboxylic acids is 2. The van der Waals surface area contributed by atoms with Crippen molar-refractivity contribution in [2.75, 3.05) is 26.8 Å². The molecule has 0 bridgehead atoms. The van der Waals surface area contributed by atoms with Gasteiger partial charge in [-0.25, -0.2) is 0 Å². The van der Waals surface area contributed by atoms with Crippen LogP contribution in [0, 0.1) is 5.92 Å². The van der Waals surface area contributed by atoms with E-state index in [1.807, 2.05) is 6.92 Å². The molecule has 2 rings (SSSR count). The van der Waals surface area contributed by atoms with E-state index in [1.165, 1.54) is 0 Å². The van der Waals surface area contributed by atoms with E-state index in [0.29, 0.717) is 12.5 Å². The number of nitrogens with zero attached hydrogens (tertiary/aromatic N) is 1. The van der Waals surface area contributed by atoms with Crippen molar-refractivity contribution >= 4 is 11.8 Å². The minimum atomic E-state index is -0.651.